The van der Waals surface area contributed by atoms with Gasteiger partial charge < -0.3 is 19.4 Å². The van der Waals surface area contributed by atoms with E-state index in [9.17, 15) is 13.2 Å². The molecule has 1 N–H and O–H groups in total. The van der Waals surface area contributed by atoms with E-state index in [2.05, 4.69) is 15.3 Å². The molecule has 6 rings (SSSR count). The molecule has 0 aliphatic carbocycles. The Labute approximate surface area is 173 Å². The molecule has 156 valence electrons. The standard InChI is InChI=1S/C19H16F3N5O2S/c20-19(21,22)16(28-5-3-23)12-1-2-13(17-24-4-6-30-17)15-14(12)26-18(29-15)27-8-10-7-11(9-27)25-10/h1-2,4,6,10-11,16,25H,5,7-9H2. The Bertz CT molecular complexity index is 1090. The minimum Gasteiger partial charge on any atom is -0.423 e. The van der Waals surface area contributed by atoms with Gasteiger partial charge in [-0.15, -0.1) is 11.3 Å². The summed E-state index contributed by atoms with van der Waals surface area (Å²) in [7, 11) is 0. The quantitative estimate of drug-likeness (QED) is 0.655. The second-order valence-corrected chi connectivity index (χ2v) is 8.20. The summed E-state index contributed by atoms with van der Waals surface area (Å²) in [6.07, 6.45) is -4.29. The Morgan fingerprint density at radius 1 is 1.37 bits per heavy atom. The van der Waals surface area contributed by atoms with E-state index in [1.165, 1.54) is 23.5 Å². The number of oxazole rings is 1. The second-order valence-electron chi connectivity index (χ2n) is 7.31. The first kappa shape index (κ1) is 19.3. The van der Waals surface area contributed by atoms with Gasteiger partial charge in [-0.2, -0.15) is 23.4 Å². The number of halogens is 3. The first-order valence-corrected chi connectivity index (χ1v) is 10.2. The van der Waals surface area contributed by atoms with Crippen LogP contribution >= 0.6 is 11.3 Å². The molecule has 3 fully saturated rings. The van der Waals surface area contributed by atoms with Crippen LogP contribution in [0.4, 0.5) is 19.2 Å². The zero-order valence-electron chi connectivity index (χ0n) is 15.5. The monoisotopic (exact) mass is 435 g/mol. The van der Waals surface area contributed by atoms with E-state index in [0.29, 0.717) is 35.7 Å². The Hall–Kier alpha value is -2.68. The number of nitriles is 1. The number of nitrogens with one attached hydrogen (secondary N) is 1. The highest BCUT2D eigenvalue weighted by atomic mass is 32.1. The number of hydrogen-bond acceptors (Lipinski definition) is 8. The largest absolute Gasteiger partial charge is 0.423 e. The van der Waals surface area contributed by atoms with Gasteiger partial charge in [0.25, 0.3) is 6.01 Å². The van der Waals surface area contributed by atoms with Gasteiger partial charge in [0.1, 0.15) is 17.1 Å². The van der Waals surface area contributed by atoms with E-state index in [4.69, 9.17) is 14.4 Å². The average molecular weight is 435 g/mol. The van der Waals surface area contributed by atoms with Crippen LogP contribution in [0.2, 0.25) is 0 Å². The first-order chi connectivity index (χ1) is 14.4. The molecular formula is C19H16F3N5O2S. The van der Waals surface area contributed by atoms with Gasteiger partial charge in [-0.25, -0.2) is 4.98 Å². The molecule has 0 amide bonds. The van der Waals surface area contributed by atoms with Crippen molar-refractivity contribution < 1.29 is 22.3 Å². The van der Waals surface area contributed by atoms with Crippen molar-refractivity contribution in [3.8, 4) is 16.6 Å². The Kier molecular flexibility index (Phi) is 4.65. The van der Waals surface area contributed by atoms with Crippen LogP contribution in [0.25, 0.3) is 21.7 Å². The summed E-state index contributed by atoms with van der Waals surface area (Å²) < 4.78 is 52.0. The number of anilines is 1. The van der Waals surface area contributed by atoms with Crippen LogP contribution in [0.15, 0.2) is 28.1 Å². The lowest BCUT2D eigenvalue weighted by Gasteiger charge is -2.47. The van der Waals surface area contributed by atoms with Crippen molar-refractivity contribution in [1.82, 2.24) is 15.3 Å². The molecule has 3 atom stereocenters. The molecule has 7 nitrogen and oxygen atoms in total. The second kappa shape index (κ2) is 7.23. The third kappa shape index (κ3) is 3.30. The SMILES string of the molecule is N#CCOC(c1ccc(-c2nccs2)c2oc(N3CC4CC(C3)N4)nc12)C(F)(F)F. The van der Waals surface area contributed by atoms with Crippen LogP contribution in [0, 0.1) is 11.3 Å². The van der Waals surface area contributed by atoms with Crippen molar-refractivity contribution in [3.05, 3.63) is 29.3 Å². The Morgan fingerprint density at radius 2 is 2.13 bits per heavy atom. The number of piperidine rings is 1. The van der Waals surface area contributed by atoms with Crippen LogP contribution in [-0.2, 0) is 4.74 Å². The van der Waals surface area contributed by atoms with Crippen LogP contribution in [-0.4, -0.2) is 47.9 Å². The zero-order valence-corrected chi connectivity index (χ0v) is 16.3. The number of hydrogen-bond donors (Lipinski definition) is 1. The minimum atomic E-state index is -4.71. The summed E-state index contributed by atoms with van der Waals surface area (Å²) >= 11 is 1.36. The molecule has 30 heavy (non-hydrogen) atoms. The first-order valence-electron chi connectivity index (χ1n) is 9.33. The number of aromatic nitrogens is 2. The van der Waals surface area contributed by atoms with Crippen molar-refractivity contribution in [3.63, 3.8) is 0 Å². The number of rotatable bonds is 5. The van der Waals surface area contributed by atoms with Gasteiger partial charge in [0.15, 0.2) is 11.7 Å². The van der Waals surface area contributed by atoms with Crippen LogP contribution < -0.4 is 10.2 Å². The lowest BCUT2D eigenvalue weighted by atomic mass is 9.92. The summed E-state index contributed by atoms with van der Waals surface area (Å²) in [4.78, 5) is 10.7. The highest BCUT2D eigenvalue weighted by Crippen LogP contribution is 2.43. The predicted molar refractivity (Wildman–Crippen MR) is 103 cm³/mol. The topological polar surface area (TPSA) is 87.2 Å². The number of alkyl halides is 3. The summed E-state index contributed by atoms with van der Waals surface area (Å²) in [5.74, 6) is 0. The molecular weight excluding hydrogens is 419 g/mol. The van der Waals surface area contributed by atoms with Crippen molar-refractivity contribution in [2.75, 3.05) is 24.6 Å². The highest BCUT2D eigenvalue weighted by molar-refractivity contribution is 7.13. The Balaban J connectivity index is 1.64. The van der Waals surface area contributed by atoms with Gasteiger partial charge in [0.2, 0.25) is 0 Å². The van der Waals surface area contributed by atoms with Crippen molar-refractivity contribution in [2.24, 2.45) is 0 Å². The lowest BCUT2D eigenvalue weighted by molar-refractivity contribution is -0.219. The maximum absolute atomic E-state index is 13.7. The molecule has 2 aromatic heterocycles. The van der Waals surface area contributed by atoms with Gasteiger partial charge in [0.05, 0.1) is 11.6 Å². The zero-order chi connectivity index (χ0) is 20.9. The highest BCUT2D eigenvalue weighted by Gasteiger charge is 2.44. The lowest BCUT2D eigenvalue weighted by Crippen LogP contribution is -2.67. The van der Waals surface area contributed by atoms with E-state index in [1.807, 2.05) is 4.90 Å². The molecule has 3 aliphatic rings. The summed E-state index contributed by atoms with van der Waals surface area (Å²) in [6.45, 7) is 0.670. The normalized spacial score (nSPS) is 22.0. The van der Waals surface area contributed by atoms with Gasteiger partial charge in [-0.1, -0.05) is 6.07 Å². The number of fused-ring (bicyclic) bond motifs is 3. The number of ether oxygens (including phenoxy) is 1. The summed E-state index contributed by atoms with van der Waals surface area (Å²) in [6, 6.07) is 5.41. The van der Waals surface area contributed by atoms with E-state index in [-0.39, 0.29) is 22.7 Å². The molecule has 3 saturated heterocycles. The van der Waals surface area contributed by atoms with E-state index in [0.717, 1.165) is 6.42 Å². The van der Waals surface area contributed by atoms with Gasteiger partial charge in [-0.3, -0.25) is 0 Å². The van der Waals surface area contributed by atoms with Crippen LogP contribution in [0.3, 0.4) is 0 Å². The fourth-order valence-electron chi connectivity index (χ4n) is 4.04. The molecule has 0 saturated carbocycles. The van der Waals surface area contributed by atoms with E-state index >= 15 is 0 Å². The Morgan fingerprint density at radius 3 is 2.77 bits per heavy atom. The fraction of sp³-hybridized carbons (Fsp3) is 0.421. The van der Waals surface area contributed by atoms with Crippen molar-refractivity contribution >= 4 is 28.5 Å². The molecule has 3 aromatic rings. The average Bonchev–Trinajstić information content (AvgIpc) is 3.37. The molecule has 3 aliphatic heterocycles. The predicted octanol–water partition coefficient (Wildman–Crippen LogP) is 3.65. The molecule has 5 heterocycles. The van der Waals surface area contributed by atoms with Gasteiger partial charge in [-0.05, 0) is 12.5 Å². The molecule has 0 radical (unpaired) electrons. The summed E-state index contributed by atoms with van der Waals surface area (Å²) in [5, 5.41) is 14.5. The number of piperazine rings is 1. The van der Waals surface area contributed by atoms with Crippen LogP contribution in [0.5, 0.6) is 0 Å². The third-order valence-electron chi connectivity index (χ3n) is 5.31. The van der Waals surface area contributed by atoms with E-state index in [1.54, 1.807) is 17.6 Å². The number of nitrogens with zero attached hydrogens (tertiary/aromatic N) is 4. The third-order valence-corrected chi connectivity index (χ3v) is 6.12. The summed E-state index contributed by atoms with van der Waals surface area (Å²) in [5.41, 5.74) is 0.706. The maximum atomic E-state index is 13.7. The van der Waals surface area contributed by atoms with Crippen LogP contribution in [0.1, 0.15) is 18.1 Å². The van der Waals surface area contributed by atoms with E-state index < -0.39 is 18.9 Å². The molecule has 0 spiro atoms. The smallest absolute Gasteiger partial charge is 0.418 e. The number of benzene rings is 1. The maximum Gasteiger partial charge on any atom is 0.418 e. The van der Waals surface area contributed by atoms with Crippen molar-refractivity contribution in [1.29, 1.82) is 5.26 Å². The van der Waals surface area contributed by atoms with Crippen molar-refractivity contribution in [2.45, 2.75) is 30.8 Å². The molecule has 2 bridgehead atoms. The molecule has 1 aromatic carbocycles. The molecule has 3 unspecified atom stereocenters. The fourth-order valence-corrected chi connectivity index (χ4v) is 4.70. The van der Waals surface area contributed by atoms with Gasteiger partial charge in [0, 0.05) is 42.3 Å². The van der Waals surface area contributed by atoms with Gasteiger partial charge >= 0.3 is 6.18 Å². The number of thiazole rings is 1. The minimum absolute atomic E-state index is 0.0742. The molecule has 11 heteroatoms.